The van der Waals surface area contributed by atoms with Gasteiger partial charge in [-0.3, -0.25) is 0 Å². The third-order valence-electron chi connectivity index (χ3n) is 1.68. The van der Waals surface area contributed by atoms with Gasteiger partial charge in [-0.1, -0.05) is 6.07 Å². The molecule has 0 fully saturated rings. The highest BCUT2D eigenvalue weighted by Gasteiger charge is 2.18. The minimum atomic E-state index is -0.813. The van der Waals surface area contributed by atoms with Crippen molar-refractivity contribution >= 4 is 0 Å². The fraction of sp³-hybridized carbons (Fsp3) is 0.364. The zero-order valence-corrected chi connectivity index (χ0v) is 8.57. The number of hydrogen-bond donors (Lipinski definition) is 0. The Kier molecular flexibility index (Phi) is 2.98. The molecule has 1 rings (SSSR count). The lowest BCUT2D eigenvalue weighted by Gasteiger charge is -2.18. The average Bonchev–Trinajstić information content (AvgIpc) is 2.17. The molecule has 0 spiro atoms. The van der Waals surface area contributed by atoms with Crippen LogP contribution in [0, 0.1) is 11.3 Å². The van der Waals surface area contributed by atoms with Gasteiger partial charge in [0.1, 0.15) is 17.6 Å². The molecule has 0 saturated carbocycles. The van der Waals surface area contributed by atoms with Crippen molar-refractivity contribution in [2.45, 2.75) is 19.4 Å². The first kappa shape index (κ1) is 10.4. The molecule has 1 aromatic rings. The van der Waals surface area contributed by atoms with E-state index in [0.717, 1.165) is 5.75 Å². The number of hydrogen-bond acceptors (Lipinski definition) is 3. The predicted molar refractivity (Wildman–Crippen MR) is 53.3 cm³/mol. The molecule has 0 bridgehead atoms. The number of methoxy groups -OCH3 is 1. The zero-order valence-electron chi connectivity index (χ0n) is 8.57. The van der Waals surface area contributed by atoms with Crippen LogP contribution in [0.5, 0.6) is 11.5 Å². The maximum atomic E-state index is 8.78. The Hall–Kier alpha value is -1.69. The standard InChI is InChI=1S/C11H13NO2/c1-11(2,8-12)14-10-6-4-5-9(7-10)13-3/h4-7H,1-3H3. The van der Waals surface area contributed by atoms with Crippen molar-refractivity contribution in [3.63, 3.8) is 0 Å². The predicted octanol–water partition coefficient (Wildman–Crippen LogP) is 2.38. The molecule has 1 aromatic carbocycles. The molecule has 0 N–H and O–H groups in total. The molecule has 0 radical (unpaired) electrons. The summed E-state index contributed by atoms with van der Waals surface area (Å²) in [5.74, 6) is 1.35. The van der Waals surface area contributed by atoms with E-state index in [2.05, 4.69) is 6.07 Å². The molecule has 0 saturated heterocycles. The Labute approximate surface area is 83.9 Å². The van der Waals surface area contributed by atoms with Crippen LogP contribution in [-0.4, -0.2) is 12.7 Å². The number of nitriles is 1. The van der Waals surface area contributed by atoms with Gasteiger partial charge in [-0.2, -0.15) is 5.26 Å². The SMILES string of the molecule is COc1cccc(OC(C)(C)C#N)c1. The molecule has 0 aliphatic rings. The number of rotatable bonds is 3. The summed E-state index contributed by atoms with van der Waals surface area (Å²) in [7, 11) is 1.59. The lowest BCUT2D eigenvalue weighted by atomic mass is 10.2. The highest BCUT2D eigenvalue weighted by atomic mass is 16.5. The van der Waals surface area contributed by atoms with E-state index in [1.165, 1.54) is 0 Å². The van der Waals surface area contributed by atoms with Gasteiger partial charge in [-0.05, 0) is 26.0 Å². The first-order chi connectivity index (χ1) is 6.57. The first-order valence-electron chi connectivity index (χ1n) is 4.32. The maximum Gasteiger partial charge on any atom is 0.188 e. The molecular formula is C11H13NO2. The van der Waals surface area contributed by atoms with Gasteiger partial charge in [0, 0.05) is 6.07 Å². The quantitative estimate of drug-likeness (QED) is 0.736. The lowest BCUT2D eigenvalue weighted by Crippen LogP contribution is -2.25. The molecule has 0 heterocycles. The van der Waals surface area contributed by atoms with E-state index in [0.29, 0.717) is 5.75 Å². The van der Waals surface area contributed by atoms with Crippen LogP contribution in [0.25, 0.3) is 0 Å². The van der Waals surface area contributed by atoms with Gasteiger partial charge < -0.3 is 9.47 Å². The van der Waals surface area contributed by atoms with E-state index < -0.39 is 5.60 Å². The fourth-order valence-corrected chi connectivity index (χ4v) is 0.982. The average molecular weight is 191 g/mol. The Morgan fingerprint density at radius 1 is 1.29 bits per heavy atom. The Morgan fingerprint density at radius 2 is 1.93 bits per heavy atom. The maximum absolute atomic E-state index is 8.78. The van der Waals surface area contributed by atoms with Crippen LogP contribution in [0.2, 0.25) is 0 Å². The number of nitrogens with zero attached hydrogens (tertiary/aromatic N) is 1. The fourth-order valence-electron chi connectivity index (χ4n) is 0.982. The molecule has 3 heteroatoms. The van der Waals surface area contributed by atoms with Gasteiger partial charge in [0.05, 0.1) is 7.11 Å². The van der Waals surface area contributed by atoms with E-state index >= 15 is 0 Å². The second kappa shape index (κ2) is 4.01. The second-order valence-electron chi connectivity index (χ2n) is 3.40. The topological polar surface area (TPSA) is 42.2 Å². The highest BCUT2D eigenvalue weighted by molar-refractivity contribution is 5.33. The van der Waals surface area contributed by atoms with Gasteiger partial charge >= 0.3 is 0 Å². The van der Waals surface area contributed by atoms with Crippen LogP contribution in [0.4, 0.5) is 0 Å². The van der Waals surface area contributed by atoms with Crippen molar-refractivity contribution in [2.24, 2.45) is 0 Å². The summed E-state index contributed by atoms with van der Waals surface area (Å²) in [5.41, 5.74) is -0.813. The summed E-state index contributed by atoms with van der Waals surface area (Å²) < 4.78 is 10.5. The monoisotopic (exact) mass is 191 g/mol. The normalized spacial score (nSPS) is 10.4. The molecule has 3 nitrogen and oxygen atoms in total. The van der Waals surface area contributed by atoms with Crippen molar-refractivity contribution in [2.75, 3.05) is 7.11 Å². The molecule has 0 unspecified atom stereocenters. The third kappa shape index (κ3) is 2.67. The van der Waals surface area contributed by atoms with Gasteiger partial charge in [-0.15, -0.1) is 0 Å². The van der Waals surface area contributed by atoms with Crippen molar-refractivity contribution in [1.82, 2.24) is 0 Å². The first-order valence-corrected chi connectivity index (χ1v) is 4.32. The Bertz CT molecular complexity index is 353. The summed E-state index contributed by atoms with van der Waals surface area (Å²) in [5, 5.41) is 8.78. The van der Waals surface area contributed by atoms with E-state index in [9.17, 15) is 0 Å². The van der Waals surface area contributed by atoms with Crippen molar-refractivity contribution < 1.29 is 9.47 Å². The Morgan fingerprint density at radius 3 is 2.50 bits per heavy atom. The molecule has 0 aliphatic heterocycles. The van der Waals surface area contributed by atoms with Crippen LogP contribution in [0.1, 0.15) is 13.8 Å². The largest absolute Gasteiger partial charge is 0.497 e. The summed E-state index contributed by atoms with van der Waals surface area (Å²) in [6.45, 7) is 3.43. The van der Waals surface area contributed by atoms with Crippen molar-refractivity contribution in [3.05, 3.63) is 24.3 Å². The smallest absolute Gasteiger partial charge is 0.188 e. The van der Waals surface area contributed by atoms with Gasteiger partial charge in [0.25, 0.3) is 0 Å². The zero-order chi connectivity index (χ0) is 10.6. The van der Waals surface area contributed by atoms with Gasteiger partial charge in [0.15, 0.2) is 5.60 Å². The van der Waals surface area contributed by atoms with E-state index in [1.54, 1.807) is 33.1 Å². The minimum absolute atomic E-state index is 0.635. The van der Waals surface area contributed by atoms with Crippen LogP contribution in [0.3, 0.4) is 0 Å². The van der Waals surface area contributed by atoms with Crippen LogP contribution in [-0.2, 0) is 0 Å². The van der Waals surface area contributed by atoms with Crippen molar-refractivity contribution in [1.29, 1.82) is 5.26 Å². The molecule has 0 aliphatic carbocycles. The summed E-state index contributed by atoms with van der Waals surface area (Å²) >= 11 is 0. The molecule has 0 atom stereocenters. The highest BCUT2D eigenvalue weighted by Crippen LogP contribution is 2.22. The molecule has 74 valence electrons. The van der Waals surface area contributed by atoms with Crippen LogP contribution in [0.15, 0.2) is 24.3 Å². The van der Waals surface area contributed by atoms with E-state index in [1.807, 2.05) is 12.1 Å². The third-order valence-corrected chi connectivity index (χ3v) is 1.68. The minimum Gasteiger partial charge on any atom is -0.497 e. The van der Waals surface area contributed by atoms with Gasteiger partial charge in [-0.25, -0.2) is 0 Å². The summed E-state index contributed by atoms with van der Waals surface area (Å²) in [4.78, 5) is 0. The number of benzene rings is 1. The van der Waals surface area contributed by atoms with E-state index in [4.69, 9.17) is 14.7 Å². The van der Waals surface area contributed by atoms with Crippen LogP contribution < -0.4 is 9.47 Å². The molecular weight excluding hydrogens is 178 g/mol. The van der Waals surface area contributed by atoms with E-state index in [-0.39, 0.29) is 0 Å². The second-order valence-corrected chi connectivity index (χ2v) is 3.40. The van der Waals surface area contributed by atoms with Gasteiger partial charge in [0.2, 0.25) is 0 Å². The van der Waals surface area contributed by atoms with Crippen LogP contribution >= 0.6 is 0 Å². The van der Waals surface area contributed by atoms with Crippen molar-refractivity contribution in [3.8, 4) is 17.6 Å². The summed E-state index contributed by atoms with van der Waals surface area (Å²) in [6.07, 6.45) is 0. The molecule has 0 amide bonds. The summed E-state index contributed by atoms with van der Waals surface area (Å²) in [6, 6.07) is 9.25. The number of ether oxygens (including phenoxy) is 2. The lowest BCUT2D eigenvalue weighted by molar-refractivity contribution is 0.169. The molecule has 0 aromatic heterocycles. The Balaban J connectivity index is 2.83. The molecule has 14 heavy (non-hydrogen) atoms.